The number of methoxy groups -OCH3 is 1. The van der Waals surface area contributed by atoms with E-state index >= 15 is 0 Å². The third-order valence-corrected chi connectivity index (χ3v) is 4.47. The topological polar surface area (TPSA) is 101 Å². The minimum absolute atomic E-state index is 0.0275. The van der Waals surface area contributed by atoms with Crippen LogP contribution in [-0.2, 0) is 27.6 Å². The number of rotatable bonds is 8. The molecule has 0 aliphatic carbocycles. The molecule has 3 rings (SSSR count). The lowest BCUT2D eigenvalue weighted by Crippen LogP contribution is -2.14. The van der Waals surface area contributed by atoms with Crippen molar-refractivity contribution < 1.29 is 24.2 Å². The third-order valence-electron chi connectivity index (χ3n) is 4.47. The molecule has 29 heavy (non-hydrogen) atoms. The van der Waals surface area contributed by atoms with Crippen LogP contribution in [0.15, 0.2) is 54.6 Å². The van der Waals surface area contributed by atoms with E-state index in [1.54, 1.807) is 32.2 Å². The van der Waals surface area contributed by atoms with Crippen molar-refractivity contribution in [3.05, 3.63) is 81.7 Å². The van der Waals surface area contributed by atoms with Gasteiger partial charge in [0.05, 0.1) is 24.4 Å². The van der Waals surface area contributed by atoms with Gasteiger partial charge in [0.15, 0.2) is 0 Å². The minimum atomic E-state index is -0.879. The lowest BCUT2D eigenvalue weighted by atomic mass is 9.98. The predicted molar refractivity (Wildman–Crippen MR) is 105 cm³/mol. The second-order valence-electron chi connectivity index (χ2n) is 6.42. The zero-order chi connectivity index (χ0) is 20.8. The molecule has 0 saturated carbocycles. The van der Waals surface area contributed by atoms with Crippen molar-refractivity contribution in [1.29, 1.82) is 0 Å². The molecule has 0 unspecified atom stereocenters. The van der Waals surface area contributed by atoms with Crippen LogP contribution in [0.5, 0.6) is 5.75 Å². The number of ether oxygens (including phenoxy) is 2. The molecule has 0 bridgehead atoms. The Morgan fingerprint density at radius 3 is 2.48 bits per heavy atom. The molecule has 0 aliphatic rings. The molecule has 0 saturated heterocycles. The Hall–Kier alpha value is -3.68. The Labute approximate surface area is 167 Å². The summed E-state index contributed by atoms with van der Waals surface area (Å²) < 4.78 is 10.6. The van der Waals surface area contributed by atoms with Gasteiger partial charge in [-0.25, -0.2) is 0 Å². The number of hydrogen-bond donors (Lipinski definition) is 0. The fraction of sp³-hybridized carbons (Fsp3) is 0.238. The Morgan fingerprint density at radius 1 is 1.07 bits per heavy atom. The van der Waals surface area contributed by atoms with Crippen molar-refractivity contribution in [3.8, 4) is 5.75 Å². The number of hydrogen-bond acceptors (Lipinski definition) is 7. The lowest BCUT2D eigenvalue weighted by molar-refractivity contribution is -0.763. The maximum absolute atomic E-state index is 12.5. The van der Waals surface area contributed by atoms with Crippen LogP contribution in [0.3, 0.4) is 0 Å². The molecule has 0 spiro atoms. The number of carbonyl (C=O) groups excluding carboxylic acids is 1. The number of nitrogens with zero attached hydrogens (tertiary/aromatic N) is 2. The smallest absolute Gasteiger partial charge is 0.313 e. The van der Waals surface area contributed by atoms with E-state index in [-0.39, 0.29) is 19.2 Å². The summed E-state index contributed by atoms with van der Waals surface area (Å²) in [6.45, 7) is 1.50. The average molecular weight is 396 g/mol. The molecule has 0 radical (unpaired) electrons. The first-order chi connectivity index (χ1) is 14.0. The summed E-state index contributed by atoms with van der Waals surface area (Å²) in [6.07, 6.45) is 0. The van der Waals surface area contributed by atoms with Gasteiger partial charge in [-0.2, -0.15) is 0 Å². The molecule has 0 N–H and O–H groups in total. The highest BCUT2D eigenvalue weighted by Crippen LogP contribution is 2.26. The van der Waals surface area contributed by atoms with Crippen LogP contribution in [-0.4, -0.2) is 23.1 Å². The largest absolute Gasteiger partial charge is 0.497 e. The molecule has 2 aromatic carbocycles. The van der Waals surface area contributed by atoms with Crippen LogP contribution in [0.1, 0.15) is 29.8 Å². The standard InChI is InChI=1S/C21H20N2O6/c1-14(15-6-7-17-11-20(27-2)9-8-16(17)10-15)21(24)28-12-18-4-3-5-19(22-18)13-29-23(25)26/h3-11,14H,12-13H2,1-2H3/t14-/m0/s1. The van der Waals surface area contributed by atoms with E-state index < -0.39 is 11.0 Å². The van der Waals surface area contributed by atoms with Crippen LogP contribution in [0, 0.1) is 10.1 Å². The van der Waals surface area contributed by atoms with E-state index in [0.717, 1.165) is 22.1 Å². The molecule has 8 nitrogen and oxygen atoms in total. The van der Waals surface area contributed by atoms with Crippen LogP contribution in [0.4, 0.5) is 0 Å². The maximum Gasteiger partial charge on any atom is 0.313 e. The Kier molecular flexibility index (Phi) is 6.23. The van der Waals surface area contributed by atoms with Gasteiger partial charge in [0.25, 0.3) is 5.09 Å². The zero-order valence-corrected chi connectivity index (χ0v) is 16.0. The summed E-state index contributed by atoms with van der Waals surface area (Å²) >= 11 is 0. The first-order valence-electron chi connectivity index (χ1n) is 8.92. The quantitative estimate of drug-likeness (QED) is 0.324. The molecular formula is C21H20N2O6. The zero-order valence-electron chi connectivity index (χ0n) is 16.0. The summed E-state index contributed by atoms with van der Waals surface area (Å²) in [7, 11) is 1.62. The van der Waals surface area contributed by atoms with E-state index in [4.69, 9.17) is 9.47 Å². The third kappa shape index (κ3) is 5.19. The molecule has 0 aliphatic heterocycles. The second kappa shape index (κ2) is 9.01. The fourth-order valence-corrected chi connectivity index (χ4v) is 2.85. The van der Waals surface area contributed by atoms with Gasteiger partial charge in [-0.05, 0) is 47.5 Å². The number of pyridine rings is 1. The summed E-state index contributed by atoms with van der Waals surface area (Å²) in [6, 6.07) is 16.5. The van der Waals surface area contributed by atoms with Gasteiger partial charge in [0, 0.05) is 0 Å². The lowest BCUT2D eigenvalue weighted by Gasteiger charge is -2.13. The van der Waals surface area contributed by atoms with Gasteiger partial charge < -0.3 is 14.3 Å². The van der Waals surface area contributed by atoms with Gasteiger partial charge in [0.2, 0.25) is 0 Å². The van der Waals surface area contributed by atoms with Gasteiger partial charge in [-0.1, -0.05) is 30.3 Å². The first kappa shape index (κ1) is 20.1. The monoisotopic (exact) mass is 396 g/mol. The Bertz CT molecular complexity index is 1040. The normalized spacial score (nSPS) is 11.7. The first-order valence-corrected chi connectivity index (χ1v) is 8.92. The van der Waals surface area contributed by atoms with E-state index in [2.05, 4.69) is 9.82 Å². The molecule has 8 heteroatoms. The van der Waals surface area contributed by atoms with Crippen molar-refractivity contribution in [3.63, 3.8) is 0 Å². The number of esters is 1. The highest BCUT2D eigenvalue weighted by atomic mass is 16.9. The van der Waals surface area contributed by atoms with Gasteiger partial charge in [-0.15, -0.1) is 10.1 Å². The summed E-state index contributed by atoms with van der Waals surface area (Å²) in [5.74, 6) is -0.0647. The van der Waals surface area contributed by atoms with Gasteiger partial charge in [0.1, 0.15) is 19.0 Å². The van der Waals surface area contributed by atoms with Crippen molar-refractivity contribution in [2.24, 2.45) is 0 Å². The average Bonchev–Trinajstić information content (AvgIpc) is 2.75. The van der Waals surface area contributed by atoms with E-state index in [9.17, 15) is 14.9 Å². The Morgan fingerprint density at radius 2 is 1.76 bits per heavy atom. The number of carbonyl (C=O) groups is 1. The van der Waals surface area contributed by atoms with Crippen LogP contribution >= 0.6 is 0 Å². The summed E-state index contributed by atoms with van der Waals surface area (Å²) in [4.78, 5) is 31.2. The van der Waals surface area contributed by atoms with Crippen molar-refractivity contribution in [1.82, 2.24) is 4.98 Å². The Balaban J connectivity index is 1.64. The van der Waals surface area contributed by atoms with E-state index in [0.29, 0.717) is 11.4 Å². The summed E-state index contributed by atoms with van der Waals surface area (Å²) in [5.41, 5.74) is 1.71. The summed E-state index contributed by atoms with van der Waals surface area (Å²) in [5, 5.41) is 11.4. The molecule has 150 valence electrons. The highest BCUT2D eigenvalue weighted by Gasteiger charge is 2.17. The molecule has 3 aromatic rings. The van der Waals surface area contributed by atoms with E-state index in [1.807, 2.05) is 36.4 Å². The second-order valence-corrected chi connectivity index (χ2v) is 6.42. The number of benzene rings is 2. The fourth-order valence-electron chi connectivity index (χ4n) is 2.85. The van der Waals surface area contributed by atoms with Crippen LogP contribution in [0.2, 0.25) is 0 Å². The molecule has 1 atom stereocenters. The minimum Gasteiger partial charge on any atom is -0.497 e. The SMILES string of the molecule is COc1ccc2cc([C@H](C)C(=O)OCc3cccc(CO[N+](=O)[O-])n3)ccc2c1. The maximum atomic E-state index is 12.5. The molecule has 1 aromatic heterocycles. The molecule has 0 amide bonds. The predicted octanol–water partition coefficient (Wildman–Crippen LogP) is 3.80. The molecule has 1 heterocycles. The highest BCUT2D eigenvalue weighted by molar-refractivity contribution is 5.86. The van der Waals surface area contributed by atoms with Gasteiger partial charge in [-0.3, -0.25) is 9.78 Å². The van der Waals surface area contributed by atoms with Crippen molar-refractivity contribution in [2.45, 2.75) is 26.1 Å². The van der Waals surface area contributed by atoms with Crippen molar-refractivity contribution in [2.75, 3.05) is 7.11 Å². The number of fused-ring (bicyclic) bond motifs is 1. The van der Waals surface area contributed by atoms with Crippen LogP contribution in [0.25, 0.3) is 10.8 Å². The molecule has 0 fully saturated rings. The van der Waals surface area contributed by atoms with Crippen molar-refractivity contribution >= 4 is 16.7 Å². The van der Waals surface area contributed by atoms with Gasteiger partial charge >= 0.3 is 5.97 Å². The number of aromatic nitrogens is 1. The molecular weight excluding hydrogens is 376 g/mol. The van der Waals surface area contributed by atoms with E-state index in [1.165, 1.54) is 0 Å². The van der Waals surface area contributed by atoms with Crippen LogP contribution < -0.4 is 4.74 Å².